The van der Waals surface area contributed by atoms with Crippen LogP contribution in [0, 0.1) is 29.6 Å². The number of nitrogens with two attached hydrogens (primary N) is 1. The summed E-state index contributed by atoms with van der Waals surface area (Å²) in [5.74, 6) is -3.97. The van der Waals surface area contributed by atoms with Crippen LogP contribution in [0.15, 0.2) is 54.9 Å². The van der Waals surface area contributed by atoms with Crippen LogP contribution in [0.3, 0.4) is 0 Å². The van der Waals surface area contributed by atoms with Gasteiger partial charge in [-0.3, -0.25) is 33.5 Å². The quantitative estimate of drug-likeness (QED) is 0.0395. The Morgan fingerprint density at radius 3 is 2.15 bits per heavy atom. The van der Waals surface area contributed by atoms with Gasteiger partial charge in [0.15, 0.2) is 0 Å². The maximum absolute atomic E-state index is 14.7. The molecule has 1 saturated heterocycles. The topological polar surface area (TPSA) is 255 Å². The maximum atomic E-state index is 14.7. The zero-order valence-corrected chi connectivity index (χ0v) is 47.2. The van der Waals surface area contributed by atoms with Gasteiger partial charge in [-0.1, -0.05) is 104 Å². The molecule has 0 radical (unpaired) electrons. The second kappa shape index (κ2) is 31.7. The molecule has 5 amide bonds. The first kappa shape index (κ1) is 64.0. The van der Waals surface area contributed by atoms with E-state index in [-0.39, 0.29) is 36.5 Å². The first-order chi connectivity index (χ1) is 35.0. The van der Waals surface area contributed by atoms with Crippen LogP contribution in [0.25, 0.3) is 0 Å². The minimum atomic E-state index is -4.85. The van der Waals surface area contributed by atoms with Crippen molar-refractivity contribution in [2.75, 3.05) is 54.5 Å². The number of hydrogen-bond acceptors (Lipinski definition) is 12. The van der Waals surface area contributed by atoms with Gasteiger partial charge in [0.2, 0.25) is 29.5 Å². The predicted molar refractivity (Wildman–Crippen MR) is 286 cm³/mol. The molecule has 12 atom stereocenters. The molecule has 0 saturated carbocycles. The third kappa shape index (κ3) is 18.7. The van der Waals surface area contributed by atoms with Gasteiger partial charge in [0, 0.05) is 59.2 Å². The number of likely N-dealkylation sites (tertiary alicyclic amines) is 1. The number of benzene rings is 1. The van der Waals surface area contributed by atoms with Gasteiger partial charge in [-0.15, -0.1) is 0 Å². The molecule has 1 aromatic heterocycles. The highest BCUT2D eigenvalue weighted by Gasteiger charge is 2.45. The molecule has 74 heavy (non-hydrogen) atoms. The zero-order chi connectivity index (χ0) is 55.3. The number of methoxy groups -OCH3 is 2. The van der Waals surface area contributed by atoms with Crippen LogP contribution < -0.4 is 21.7 Å². The van der Waals surface area contributed by atoms with Crippen LogP contribution in [0.5, 0.6) is 0 Å². The van der Waals surface area contributed by atoms with Crippen molar-refractivity contribution in [1.29, 1.82) is 0 Å². The summed E-state index contributed by atoms with van der Waals surface area (Å²) >= 11 is 0. The third-order valence-electron chi connectivity index (χ3n) is 14.6. The fourth-order valence-corrected chi connectivity index (χ4v) is 11.3. The number of hydrogen-bond donors (Lipinski definition) is 6. The van der Waals surface area contributed by atoms with Crippen LogP contribution in [0.4, 0.5) is 0 Å². The molecule has 19 nitrogen and oxygen atoms in total. The number of aryl methyl sites for hydroxylation is 1. The van der Waals surface area contributed by atoms with E-state index in [2.05, 4.69) is 20.9 Å². The van der Waals surface area contributed by atoms with Crippen molar-refractivity contribution in [1.82, 2.24) is 35.4 Å². The number of ether oxygens (including phenoxy) is 2. The molecule has 0 aliphatic carbocycles. The molecular formula is C54H91N8O11P. The van der Waals surface area contributed by atoms with Crippen molar-refractivity contribution >= 4 is 37.3 Å². The number of nitrogens with one attached hydrogen (secondary N) is 3. The Morgan fingerprint density at radius 1 is 0.892 bits per heavy atom. The van der Waals surface area contributed by atoms with E-state index < -0.39 is 91.8 Å². The van der Waals surface area contributed by atoms with Gasteiger partial charge in [-0.25, -0.2) is 4.57 Å². The number of pyridine rings is 1. The van der Waals surface area contributed by atoms with E-state index in [0.717, 1.165) is 29.5 Å². The summed E-state index contributed by atoms with van der Waals surface area (Å²) in [4.78, 5) is 89.3. The molecule has 1 aromatic carbocycles. The van der Waals surface area contributed by atoms with Crippen LogP contribution in [-0.2, 0) is 49.0 Å². The average molecular weight is 1060 g/mol. The molecule has 0 spiro atoms. The highest BCUT2D eigenvalue weighted by atomic mass is 31.2. The smallest absolute Gasteiger partial charge is 0.386 e. The summed E-state index contributed by atoms with van der Waals surface area (Å²) in [6, 6.07) is 9.22. The molecule has 7 N–H and O–H groups in total. The number of aromatic nitrogens is 1. The summed E-state index contributed by atoms with van der Waals surface area (Å²) in [5, 5.41) is 19.5. The monoisotopic (exact) mass is 1060 g/mol. The van der Waals surface area contributed by atoms with Gasteiger partial charge in [-0.2, -0.15) is 4.67 Å². The molecule has 2 aromatic rings. The molecule has 4 unspecified atom stereocenters. The van der Waals surface area contributed by atoms with Gasteiger partial charge >= 0.3 is 7.75 Å². The lowest BCUT2D eigenvalue weighted by Crippen LogP contribution is -2.59. The first-order valence-electron chi connectivity index (χ1n) is 26.6. The molecule has 20 heteroatoms. The standard InChI is InChI=1S/C54H91N8O11P/c1-13-37(6)48(44(71-11)32-45(63)62-31-27-42(34-62)50(72-12)38(7)51(65)58-39(8)49(64)41-23-17-16-18-24-41)60(9)54(68)46(35(2)3)59-53(67)47(36(4)5)61(10)74(69,70)73-43(26-25-40-22-21-29-56-33-40)52(66)57-30-20-15-14-19-28-55/h16-18,21-24,29,33,35-39,42-44,46-50,64H,13-15,19-20,25-28,30-32,34,55H2,1-12H3,(H,57,66)(H,58,65)(H,59,67)(H,69,70)/t37-,38+,39+,42?,43?,44+,46?,47-,48-,49+,50+/m0/s1. The van der Waals surface area contributed by atoms with Crippen LogP contribution in [-0.4, -0.2) is 156 Å². The van der Waals surface area contributed by atoms with E-state index in [1.54, 1.807) is 96.1 Å². The average Bonchev–Trinajstić information content (AvgIpc) is 3.87. The summed E-state index contributed by atoms with van der Waals surface area (Å²) < 4.78 is 32.9. The predicted octanol–water partition coefficient (Wildman–Crippen LogP) is 5.25. The molecule has 2 heterocycles. The fourth-order valence-electron chi connectivity index (χ4n) is 9.94. The van der Waals surface area contributed by atoms with E-state index in [9.17, 15) is 38.5 Å². The van der Waals surface area contributed by atoms with E-state index in [1.807, 2.05) is 38.1 Å². The van der Waals surface area contributed by atoms with Crippen molar-refractivity contribution in [3.05, 3.63) is 66.0 Å². The van der Waals surface area contributed by atoms with E-state index in [1.165, 1.54) is 14.2 Å². The molecule has 418 valence electrons. The highest BCUT2D eigenvalue weighted by molar-refractivity contribution is 7.50. The second-order valence-corrected chi connectivity index (χ2v) is 22.6. The highest BCUT2D eigenvalue weighted by Crippen LogP contribution is 2.49. The van der Waals surface area contributed by atoms with Gasteiger partial charge in [0.05, 0.1) is 42.7 Å². The summed E-state index contributed by atoms with van der Waals surface area (Å²) in [6.07, 6.45) is 4.76. The van der Waals surface area contributed by atoms with Crippen molar-refractivity contribution in [2.24, 2.45) is 35.3 Å². The van der Waals surface area contributed by atoms with Crippen molar-refractivity contribution < 1.29 is 52.5 Å². The normalized spacial score (nSPS) is 18.8. The number of likely N-dealkylation sites (N-methyl/N-ethyl adjacent to an activating group) is 2. The Balaban J connectivity index is 1.75. The number of rotatable bonds is 33. The number of carbonyl (C=O) groups is 5. The second-order valence-electron chi connectivity index (χ2n) is 20.8. The van der Waals surface area contributed by atoms with Crippen molar-refractivity contribution in [3.8, 4) is 0 Å². The van der Waals surface area contributed by atoms with Gasteiger partial charge < -0.3 is 51.0 Å². The molecule has 0 bridgehead atoms. The molecule has 1 fully saturated rings. The summed E-state index contributed by atoms with van der Waals surface area (Å²) in [5.41, 5.74) is 7.12. The largest absolute Gasteiger partial charge is 0.406 e. The maximum Gasteiger partial charge on any atom is 0.406 e. The van der Waals surface area contributed by atoms with Gasteiger partial charge in [-0.05, 0) is 87.6 Å². The zero-order valence-electron chi connectivity index (χ0n) is 46.3. The molecule has 3 rings (SSSR count). The Bertz CT molecular complexity index is 2070. The number of nitrogens with zero attached hydrogens (tertiary/aromatic N) is 4. The number of carbonyl (C=O) groups excluding carboxylic acids is 5. The van der Waals surface area contributed by atoms with E-state index >= 15 is 0 Å². The lowest BCUT2D eigenvalue weighted by atomic mass is 9.89. The molecule has 1 aliphatic rings. The lowest BCUT2D eigenvalue weighted by molar-refractivity contribution is -0.146. The minimum Gasteiger partial charge on any atom is -0.386 e. The Labute approximate surface area is 441 Å². The summed E-state index contributed by atoms with van der Waals surface area (Å²) in [6.45, 7) is 16.2. The molecule has 1 aliphatic heterocycles. The lowest BCUT2D eigenvalue weighted by Gasteiger charge is -2.40. The number of unbranched alkanes of at least 4 members (excludes halogenated alkanes) is 3. The first-order valence-corrected chi connectivity index (χ1v) is 28.1. The third-order valence-corrected chi connectivity index (χ3v) is 16.2. The number of aliphatic hydroxyl groups excluding tert-OH is 1. The SMILES string of the molecule is CC[C@H](C)[C@@H]([C@@H](CC(=O)N1CCC([C@H](OC)[C@@H](C)C(=O)N[C@H](C)[C@@H](O)c2ccccc2)C1)OC)N(C)C(=O)C(NC(=O)[C@H](C(C)C)N(C)P(=O)(O)OC(CCc1cccnc1)C(=O)NCCCCCCN)C(C)C. The van der Waals surface area contributed by atoms with Crippen LogP contribution in [0.1, 0.15) is 124 Å². The minimum absolute atomic E-state index is 0.0425. The molecular weight excluding hydrogens is 968 g/mol. The van der Waals surface area contributed by atoms with Crippen LogP contribution in [0.2, 0.25) is 0 Å². The summed E-state index contributed by atoms with van der Waals surface area (Å²) in [7, 11) is 1.14. The van der Waals surface area contributed by atoms with E-state index in [4.69, 9.17) is 19.7 Å². The van der Waals surface area contributed by atoms with Gasteiger partial charge in [0.1, 0.15) is 18.2 Å². The Hall–Kier alpha value is -4.33. The van der Waals surface area contributed by atoms with Crippen LogP contribution >= 0.6 is 7.75 Å². The number of aliphatic hydroxyl groups is 1. The van der Waals surface area contributed by atoms with Crippen molar-refractivity contribution in [2.45, 2.75) is 162 Å². The number of amides is 5. The van der Waals surface area contributed by atoms with E-state index in [0.29, 0.717) is 57.4 Å². The van der Waals surface area contributed by atoms with Crippen molar-refractivity contribution in [3.63, 3.8) is 0 Å². The Kier molecular flexibility index (Phi) is 27.4. The fraction of sp³-hybridized carbons (Fsp3) is 0.704. The Morgan fingerprint density at radius 2 is 1.57 bits per heavy atom. The van der Waals surface area contributed by atoms with Gasteiger partial charge in [0.25, 0.3) is 0 Å².